The van der Waals surface area contributed by atoms with Gasteiger partial charge >= 0.3 is 5.97 Å². The summed E-state index contributed by atoms with van der Waals surface area (Å²) < 4.78 is 6.87. The molecule has 37 heavy (non-hydrogen) atoms. The van der Waals surface area contributed by atoms with Crippen molar-refractivity contribution in [3.05, 3.63) is 64.4 Å². The van der Waals surface area contributed by atoms with Gasteiger partial charge in [0.05, 0.1) is 35.5 Å². The van der Waals surface area contributed by atoms with Crippen molar-refractivity contribution in [3.63, 3.8) is 0 Å². The molecule has 0 spiro atoms. The second kappa shape index (κ2) is 10.6. The minimum absolute atomic E-state index is 0.0345. The van der Waals surface area contributed by atoms with Crippen LogP contribution in [0.25, 0.3) is 11.1 Å². The van der Waals surface area contributed by atoms with E-state index >= 15 is 0 Å². The van der Waals surface area contributed by atoms with E-state index in [4.69, 9.17) is 22.1 Å². The predicted molar refractivity (Wildman–Crippen MR) is 145 cm³/mol. The fourth-order valence-corrected chi connectivity index (χ4v) is 5.80. The highest BCUT2D eigenvalue weighted by atomic mass is 35.5. The van der Waals surface area contributed by atoms with Crippen LogP contribution in [-0.2, 0) is 16.1 Å². The lowest BCUT2D eigenvalue weighted by Gasteiger charge is -2.38. The van der Waals surface area contributed by atoms with Crippen LogP contribution in [0.3, 0.4) is 0 Å². The molecule has 2 aliphatic heterocycles. The van der Waals surface area contributed by atoms with Gasteiger partial charge in [-0.2, -0.15) is 5.10 Å². The number of rotatable bonds is 5. The van der Waals surface area contributed by atoms with Crippen LogP contribution in [0.5, 0.6) is 0 Å². The van der Waals surface area contributed by atoms with E-state index in [0.717, 1.165) is 67.7 Å². The molecule has 0 radical (unpaired) electrons. The highest BCUT2D eigenvalue weighted by molar-refractivity contribution is 6.36. The summed E-state index contributed by atoms with van der Waals surface area (Å²) in [6.07, 6.45) is 3.56. The molecule has 0 bridgehead atoms. The van der Waals surface area contributed by atoms with Crippen molar-refractivity contribution in [2.24, 2.45) is 5.92 Å². The van der Waals surface area contributed by atoms with Gasteiger partial charge in [0.1, 0.15) is 0 Å². The molecule has 194 valence electrons. The van der Waals surface area contributed by atoms with Crippen LogP contribution in [0.2, 0.25) is 5.02 Å². The first kappa shape index (κ1) is 25.3. The highest BCUT2D eigenvalue weighted by Gasteiger charge is 2.33. The standard InChI is InChI=1S/C28H32ClN5O3/c1-17-19(6-3-8-21(17)30)20-7-4-9-22(26(20)29)31-27(35)23-16-25-24(10-5-13-34(25)32-23)33-14-11-18(12-15-33)28(36)37-2/h3-4,6-9,16,18,24H,5,10-15,30H2,1-2H3,(H,31,35). The number of nitrogens with one attached hydrogen (secondary N) is 1. The van der Waals surface area contributed by atoms with Gasteiger partial charge in [-0.15, -0.1) is 0 Å². The lowest BCUT2D eigenvalue weighted by atomic mass is 9.93. The van der Waals surface area contributed by atoms with Crippen LogP contribution >= 0.6 is 11.6 Å². The van der Waals surface area contributed by atoms with Crippen LogP contribution in [-0.4, -0.2) is 46.8 Å². The van der Waals surface area contributed by atoms with Crippen LogP contribution in [0, 0.1) is 12.8 Å². The molecule has 5 rings (SSSR count). The topological polar surface area (TPSA) is 102 Å². The zero-order valence-corrected chi connectivity index (χ0v) is 21.9. The maximum Gasteiger partial charge on any atom is 0.308 e. The SMILES string of the molecule is COC(=O)C1CCN(C2CCCn3nc(C(=O)Nc4cccc(-c5cccc(N)c5C)c4Cl)cc32)CC1. The summed E-state index contributed by atoms with van der Waals surface area (Å²) in [5, 5.41) is 8.04. The Bertz CT molecular complexity index is 1330. The van der Waals surface area contributed by atoms with E-state index in [0.29, 0.717) is 22.1 Å². The molecule has 0 aliphatic carbocycles. The smallest absolute Gasteiger partial charge is 0.308 e. The summed E-state index contributed by atoms with van der Waals surface area (Å²) in [6.45, 7) is 4.38. The number of nitrogens with two attached hydrogens (primary N) is 1. The largest absolute Gasteiger partial charge is 0.469 e. The Morgan fingerprint density at radius 3 is 2.57 bits per heavy atom. The average molecular weight is 522 g/mol. The molecule has 3 heterocycles. The third-order valence-corrected chi connectivity index (χ3v) is 8.06. The number of nitrogen functional groups attached to an aromatic ring is 1. The van der Waals surface area contributed by atoms with Crippen LogP contribution in [0.4, 0.5) is 11.4 Å². The van der Waals surface area contributed by atoms with Gasteiger partial charge in [-0.3, -0.25) is 19.2 Å². The minimum atomic E-state index is -0.298. The normalized spacial score (nSPS) is 18.3. The Kier molecular flexibility index (Phi) is 7.22. The lowest BCUT2D eigenvalue weighted by molar-refractivity contribution is -0.147. The number of ether oxygens (including phenoxy) is 1. The van der Waals surface area contributed by atoms with E-state index in [1.165, 1.54) is 7.11 Å². The van der Waals surface area contributed by atoms with Crippen molar-refractivity contribution in [2.45, 2.75) is 45.2 Å². The number of carbonyl (C=O) groups excluding carboxylic acids is 2. The summed E-state index contributed by atoms with van der Waals surface area (Å²) in [4.78, 5) is 27.6. The van der Waals surface area contributed by atoms with Crippen LogP contribution in [0.15, 0.2) is 42.5 Å². The number of nitrogens with zero attached hydrogens (tertiary/aromatic N) is 3. The van der Waals surface area contributed by atoms with E-state index in [9.17, 15) is 9.59 Å². The van der Waals surface area contributed by atoms with Gasteiger partial charge < -0.3 is 15.8 Å². The number of hydrogen-bond donors (Lipinski definition) is 2. The number of aromatic nitrogens is 2. The van der Waals surface area contributed by atoms with Gasteiger partial charge in [0.15, 0.2) is 5.69 Å². The fraction of sp³-hybridized carbons (Fsp3) is 0.393. The Morgan fingerprint density at radius 1 is 1.08 bits per heavy atom. The van der Waals surface area contributed by atoms with Gasteiger partial charge in [-0.1, -0.05) is 35.9 Å². The summed E-state index contributed by atoms with van der Waals surface area (Å²) in [5.41, 5.74) is 11.4. The molecule has 3 N–H and O–H groups in total. The van der Waals surface area contributed by atoms with Gasteiger partial charge in [-0.05, 0) is 75.0 Å². The van der Waals surface area contributed by atoms with E-state index in [-0.39, 0.29) is 23.8 Å². The molecule has 3 aromatic rings. The number of piperidine rings is 1. The molecule has 2 aromatic carbocycles. The minimum Gasteiger partial charge on any atom is -0.469 e. The molecule has 1 atom stereocenters. The van der Waals surface area contributed by atoms with E-state index in [2.05, 4.69) is 15.3 Å². The molecule has 1 aromatic heterocycles. The Balaban J connectivity index is 1.34. The van der Waals surface area contributed by atoms with Gasteiger partial charge in [0, 0.05) is 17.8 Å². The first-order chi connectivity index (χ1) is 17.9. The molecule has 9 heteroatoms. The third kappa shape index (κ3) is 4.95. The lowest BCUT2D eigenvalue weighted by Crippen LogP contribution is -2.40. The molecular formula is C28H32ClN5O3. The van der Waals surface area contributed by atoms with Gasteiger partial charge in [-0.25, -0.2) is 0 Å². The molecule has 1 amide bonds. The van der Waals surface area contributed by atoms with Crippen molar-refractivity contribution >= 4 is 34.9 Å². The first-order valence-electron chi connectivity index (χ1n) is 12.7. The third-order valence-electron chi connectivity index (χ3n) is 7.65. The van der Waals surface area contributed by atoms with Gasteiger partial charge in [0.25, 0.3) is 5.91 Å². The molecule has 8 nitrogen and oxygen atoms in total. The number of halogens is 1. The molecular weight excluding hydrogens is 490 g/mol. The number of aryl methyl sites for hydroxylation is 1. The molecule has 1 saturated heterocycles. The Morgan fingerprint density at radius 2 is 1.81 bits per heavy atom. The summed E-state index contributed by atoms with van der Waals surface area (Å²) in [5.74, 6) is -0.456. The number of anilines is 2. The molecule has 2 aliphatic rings. The summed E-state index contributed by atoms with van der Waals surface area (Å²) >= 11 is 6.75. The van der Waals surface area contributed by atoms with Crippen molar-refractivity contribution in [1.82, 2.24) is 14.7 Å². The molecule has 1 fully saturated rings. The predicted octanol–water partition coefficient (Wildman–Crippen LogP) is 5.07. The number of hydrogen-bond acceptors (Lipinski definition) is 6. The van der Waals surface area contributed by atoms with Crippen molar-refractivity contribution < 1.29 is 14.3 Å². The molecule has 0 saturated carbocycles. The van der Waals surface area contributed by atoms with E-state index < -0.39 is 0 Å². The van der Waals surface area contributed by atoms with E-state index in [1.807, 2.05) is 48.0 Å². The number of carbonyl (C=O) groups is 2. The van der Waals surface area contributed by atoms with Crippen LogP contribution < -0.4 is 11.1 Å². The number of fused-ring (bicyclic) bond motifs is 1. The zero-order chi connectivity index (χ0) is 26.1. The Labute approximate surface area is 221 Å². The number of benzene rings is 2. The molecule has 1 unspecified atom stereocenters. The first-order valence-corrected chi connectivity index (χ1v) is 13.1. The quantitative estimate of drug-likeness (QED) is 0.359. The van der Waals surface area contributed by atoms with Crippen molar-refractivity contribution in [3.8, 4) is 11.1 Å². The zero-order valence-electron chi connectivity index (χ0n) is 21.2. The number of esters is 1. The van der Waals surface area contributed by atoms with Crippen molar-refractivity contribution in [2.75, 3.05) is 31.2 Å². The second-order valence-electron chi connectivity index (χ2n) is 9.81. The van der Waals surface area contributed by atoms with Gasteiger partial charge in [0.2, 0.25) is 0 Å². The van der Waals surface area contributed by atoms with Crippen LogP contribution in [0.1, 0.15) is 53.5 Å². The van der Waals surface area contributed by atoms with E-state index in [1.54, 1.807) is 6.07 Å². The number of amides is 1. The second-order valence-corrected chi connectivity index (χ2v) is 10.2. The average Bonchev–Trinajstić information content (AvgIpc) is 3.36. The number of methoxy groups -OCH3 is 1. The fourth-order valence-electron chi connectivity index (χ4n) is 5.52. The number of likely N-dealkylation sites (tertiary alicyclic amines) is 1. The maximum absolute atomic E-state index is 13.3. The highest BCUT2D eigenvalue weighted by Crippen LogP contribution is 2.38. The summed E-state index contributed by atoms with van der Waals surface area (Å²) in [7, 11) is 1.45. The summed E-state index contributed by atoms with van der Waals surface area (Å²) in [6, 6.07) is 13.4. The Hall–Kier alpha value is -3.36. The maximum atomic E-state index is 13.3. The monoisotopic (exact) mass is 521 g/mol. The van der Waals surface area contributed by atoms with Crippen molar-refractivity contribution in [1.29, 1.82) is 0 Å².